The van der Waals surface area contributed by atoms with Gasteiger partial charge in [0.15, 0.2) is 5.75 Å². The topological polar surface area (TPSA) is 63.4 Å². The largest absolute Gasteiger partial charge is 0.502 e. The zero-order valence-corrected chi connectivity index (χ0v) is 9.96. The molecule has 0 radical (unpaired) electrons. The number of aryl methyl sites for hydroxylation is 1. The van der Waals surface area contributed by atoms with Crippen molar-refractivity contribution in [2.45, 2.75) is 13.3 Å². The molecule has 0 heterocycles. The molecule has 18 heavy (non-hydrogen) atoms. The van der Waals surface area contributed by atoms with Crippen molar-refractivity contribution in [1.82, 2.24) is 0 Å². The molecule has 0 aliphatic rings. The van der Waals surface area contributed by atoms with E-state index in [1.54, 1.807) is 6.07 Å². The second-order valence-electron chi connectivity index (χ2n) is 4.01. The van der Waals surface area contributed by atoms with Crippen molar-refractivity contribution in [2.24, 2.45) is 0 Å². The first-order valence-electron chi connectivity index (χ1n) is 5.68. The van der Waals surface area contributed by atoms with E-state index in [1.165, 1.54) is 17.7 Å². The van der Waals surface area contributed by atoms with Crippen LogP contribution in [-0.2, 0) is 6.42 Å². The Morgan fingerprint density at radius 3 is 2.28 bits per heavy atom. The first-order chi connectivity index (χ1) is 8.61. The van der Waals surface area contributed by atoms with Gasteiger partial charge in [-0.1, -0.05) is 37.3 Å². The van der Waals surface area contributed by atoms with Crippen LogP contribution >= 0.6 is 0 Å². The summed E-state index contributed by atoms with van der Waals surface area (Å²) in [6.45, 7) is 2.07. The van der Waals surface area contributed by atoms with Crippen molar-refractivity contribution in [3.63, 3.8) is 0 Å². The van der Waals surface area contributed by atoms with Crippen LogP contribution < -0.4 is 0 Å². The Morgan fingerprint density at radius 1 is 1.11 bits per heavy atom. The number of benzene rings is 2. The predicted octanol–water partition coefficient (Wildman–Crippen LogP) is 3.53. The third-order valence-corrected chi connectivity index (χ3v) is 2.87. The maximum atomic E-state index is 10.8. The van der Waals surface area contributed by atoms with E-state index in [0.29, 0.717) is 0 Å². The van der Waals surface area contributed by atoms with E-state index in [9.17, 15) is 15.2 Å². The van der Waals surface area contributed by atoms with Crippen LogP contribution in [0.5, 0.6) is 5.75 Å². The molecular weight excluding hydrogens is 230 g/mol. The van der Waals surface area contributed by atoms with Gasteiger partial charge in [0.2, 0.25) is 0 Å². The Bertz CT molecular complexity index is 576. The monoisotopic (exact) mass is 243 g/mol. The van der Waals surface area contributed by atoms with Gasteiger partial charge < -0.3 is 5.11 Å². The maximum absolute atomic E-state index is 10.8. The Kier molecular flexibility index (Phi) is 3.28. The van der Waals surface area contributed by atoms with E-state index in [4.69, 9.17) is 0 Å². The van der Waals surface area contributed by atoms with E-state index in [1.807, 2.05) is 24.3 Å². The third kappa shape index (κ3) is 2.32. The van der Waals surface area contributed by atoms with Gasteiger partial charge in [-0.05, 0) is 29.2 Å². The molecule has 0 atom stereocenters. The van der Waals surface area contributed by atoms with Crippen LogP contribution in [0.25, 0.3) is 11.1 Å². The summed E-state index contributed by atoms with van der Waals surface area (Å²) in [5, 5.41) is 20.1. The highest BCUT2D eigenvalue weighted by molar-refractivity contribution is 5.68. The normalized spacial score (nSPS) is 10.3. The molecule has 1 N–H and O–H groups in total. The van der Waals surface area contributed by atoms with E-state index in [-0.39, 0.29) is 11.4 Å². The van der Waals surface area contributed by atoms with E-state index in [2.05, 4.69) is 6.92 Å². The third-order valence-electron chi connectivity index (χ3n) is 2.87. The fourth-order valence-electron chi connectivity index (χ4n) is 1.78. The van der Waals surface area contributed by atoms with Crippen LogP contribution in [0.2, 0.25) is 0 Å². The zero-order valence-electron chi connectivity index (χ0n) is 9.96. The lowest BCUT2D eigenvalue weighted by atomic mass is 10.0. The van der Waals surface area contributed by atoms with Gasteiger partial charge in [-0.2, -0.15) is 0 Å². The zero-order chi connectivity index (χ0) is 13.1. The van der Waals surface area contributed by atoms with Crippen molar-refractivity contribution >= 4 is 5.69 Å². The second kappa shape index (κ2) is 4.87. The number of nitro benzene ring substituents is 1. The molecule has 0 saturated carbocycles. The summed E-state index contributed by atoms with van der Waals surface area (Å²) >= 11 is 0. The first-order valence-corrected chi connectivity index (χ1v) is 5.68. The van der Waals surface area contributed by atoms with Crippen molar-refractivity contribution in [3.05, 3.63) is 58.1 Å². The van der Waals surface area contributed by atoms with Gasteiger partial charge in [-0.3, -0.25) is 10.1 Å². The number of aromatic hydroxyl groups is 1. The second-order valence-corrected chi connectivity index (χ2v) is 4.01. The van der Waals surface area contributed by atoms with Gasteiger partial charge in [-0.15, -0.1) is 0 Å². The number of nitrogens with zero attached hydrogens (tertiary/aromatic N) is 1. The summed E-state index contributed by atoms with van der Waals surface area (Å²) in [7, 11) is 0. The van der Waals surface area contributed by atoms with Gasteiger partial charge in [0, 0.05) is 6.07 Å². The van der Waals surface area contributed by atoms with Gasteiger partial charge in [0.05, 0.1) is 4.92 Å². The molecule has 4 nitrogen and oxygen atoms in total. The van der Waals surface area contributed by atoms with Crippen LogP contribution in [-0.4, -0.2) is 10.0 Å². The van der Waals surface area contributed by atoms with Gasteiger partial charge in [0.1, 0.15) is 0 Å². The molecule has 0 bridgehead atoms. The maximum Gasteiger partial charge on any atom is 0.311 e. The number of phenols is 1. The average molecular weight is 243 g/mol. The van der Waals surface area contributed by atoms with E-state index < -0.39 is 4.92 Å². The van der Waals surface area contributed by atoms with Gasteiger partial charge >= 0.3 is 5.69 Å². The van der Waals surface area contributed by atoms with Crippen molar-refractivity contribution < 1.29 is 10.0 Å². The quantitative estimate of drug-likeness (QED) is 0.662. The minimum atomic E-state index is -0.584. The van der Waals surface area contributed by atoms with Gasteiger partial charge in [0.25, 0.3) is 0 Å². The highest BCUT2D eigenvalue weighted by Crippen LogP contribution is 2.31. The molecule has 0 spiro atoms. The number of nitro groups is 1. The number of hydrogen-bond acceptors (Lipinski definition) is 3. The highest BCUT2D eigenvalue weighted by Gasteiger charge is 2.14. The van der Waals surface area contributed by atoms with E-state index in [0.717, 1.165) is 17.5 Å². The SMILES string of the molecule is CCc1ccc(-c2ccc(O)c([N+](=O)[O-])c2)cc1. The summed E-state index contributed by atoms with van der Waals surface area (Å²) in [4.78, 5) is 10.2. The molecule has 2 rings (SSSR count). The molecule has 0 aromatic heterocycles. The lowest BCUT2D eigenvalue weighted by molar-refractivity contribution is -0.385. The minimum absolute atomic E-state index is 0.271. The smallest absolute Gasteiger partial charge is 0.311 e. The molecule has 4 heteroatoms. The summed E-state index contributed by atoms with van der Waals surface area (Å²) in [5.74, 6) is -0.311. The summed E-state index contributed by atoms with van der Waals surface area (Å²) in [5.41, 5.74) is 2.57. The molecule has 2 aromatic carbocycles. The Morgan fingerprint density at radius 2 is 1.72 bits per heavy atom. The summed E-state index contributed by atoms with van der Waals surface area (Å²) in [6, 6.07) is 12.2. The molecule has 2 aromatic rings. The molecule has 0 amide bonds. The fraction of sp³-hybridized carbons (Fsp3) is 0.143. The fourth-order valence-corrected chi connectivity index (χ4v) is 1.78. The molecular formula is C14H13NO3. The lowest BCUT2D eigenvalue weighted by Crippen LogP contribution is -1.89. The highest BCUT2D eigenvalue weighted by atomic mass is 16.6. The number of hydrogen-bond donors (Lipinski definition) is 1. The van der Waals surface area contributed by atoms with Crippen molar-refractivity contribution in [1.29, 1.82) is 0 Å². The predicted molar refractivity (Wildman–Crippen MR) is 69.6 cm³/mol. The van der Waals surface area contributed by atoms with Crippen LogP contribution in [0.3, 0.4) is 0 Å². The Hall–Kier alpha value is -2.36. The molecule has 0 saturated heterocycles. The first kappa shape index (κ1) is 12.1. The number of rotatable bonds is 3. The van der Waals surface area contributed by atoms with Crippen LogP contribution in [0.1, 0.15) is 12.5 Å². The van der Waals surface area contributed by atoms with Crippen molar-refractivity contribution in [2.75, 3.05) is 0 Å². The Balaban J connectivity index is 2.44. The summed E-state index contributed by atoms with van der Waals surface area (Å²) < 4.78 is 0. The Labute approximate surface area is 105 Å². The standard InChI is InChI=1S/C14H13NO3/c1-2-10-3-5-11(6-4-10)12-7-8-14(16)13(9-12)15(17)18/h3-9,16H,2H2,1H3. The summed E-state index contributed by atoms with van der Waals surface area (Å²) in [6.07, 6.45) is 0.954. The van der Waals surface area contributed by atoms with Crippen molar-refractivity contribution in [3.8, 4) is 16.9 Å². The molecule has 0 aliphatic heterocycles. The number of phenolic OH excluding ortho intramolecular Hbond substituents is 1. The molecule has 92 valence electrons. The van der Waals surface area contributed by atoms with E-state index >= 15 is 0 Å². The molecule has 0 fully saturated rings. The molecule has 0 aliphatic carbocycles. The van der Waals surface area contributed by atoms with Crippen LogP contribution in [0, 0.1) is 10.1 Å². The average Bonchev–Trinajstić information content (AvgIpc) is 2.39. The van der Waals surface area contributed by atoms with Crippen LogP contribution in [0.15, 0.2) is 42.5 Å². The molecule has 0 unspecified atom stereocenters. The minimum Gasteiger partial charge on any atom is -0.502 e. The van der Waals surface area contributed by atoms with Gasteiger partial charge in [-0.25, -0.2) is 0 Å². The lowest BCUT2D eigenvalue weighted by Gasteiger charge is -2.04. The van der Waals surface area contributed by atoms with Crippen LogP contribution in [0.4, 0.5) is 5.69 Å².